The Morgan fingerprint density at radius 2 is 2.28 bits per heavy atom. The van der Waals surface area contributed by atoms with E-state index in [4.69, 9.17) is 4.42 Å². The molecule has 1 aliphatic rings. The molecule has 18 heavy (non-hydrogen) atoms. The normalized spacial score (nSPS) is 27.3. The van der Waals surface area contributed by atoms with Gasteiger partial charge in [0, 0.05) is 16.2 Å². The zero-order valence-corrected chi connectivity index (χ0v) is 12.8. The maximum Gasteiger partial charge on any atom is 0.114 e. The van der Waals surface area contributed by atoms with Gasteiger partial charge in [-0.15, -0.1) is 11.8 Å². The fourth-order valence-electron chi connectivity index (χ4n) is 3.00. The van der Waals surface area contributed by atoms with Crippen LogP contribution in [0.1, 0.15) is 45.8 Å². The Hall–Kier alpha value is -0.410. The first kappa shape index (κ1) is 14.0. The molecule has 2 rings (SSSR count). The summed E-state index contributed by atoms with van der Waals surface area (Å²) in [7, 11) is 0. The first-order valence-corrected chi connectivity index (χ1v) is 7.86. The third-order valence-corrected chi connectivity index (χ3v) is 5.53. The van der Waals surface area contributed by atoms with E-state index in [2.05, 4.69) is 39.1 Å². The van der Waals surface area contributed by atoms with E-state index in [0.29, 0.717) is 16.7 Å². The van der Waals surface area contributed by atoms with Crippen molar-refractivity contribution < 1.29 is 4.42 Å². The molecule has 3 heteroatoms. The van der Waals surface area contributed by atoms with Gasteiger partial charge in [0.15, 0.2) is 0 Å². The molecule has 1 aromatic heterocycles. The number of thioether (sulfide) groups is 1. The summed E-state index contributed by atoms with van der Waals surface area (Å²) in [6, 6.07) is 2.69. The van der Waals surface area contributed by atoms with Crippen LogP contribution in [0.3, 0.4) is 0 Å². The van der Waals surface area contributed by atoms with Crippen molar-refractivity contribution in [1.82, 2.24) is 5.32 Å². The molecule has 0 spiro atoms. The van der Waals surface area contributed by atoms with Crippen LogP contribution in [0, 0.1) is 12.3 Å². The summed E-state index contributed by atoms with van der Waals surface area (Å²) >= 11 is 1.99. The predicted molar refractivity (Wildman–Crippen MR) is 78.2 cm³/mol. The minimum atomic E-state index is 0.392. The Morgan fingerprint density at radius 3 is 2.89 bits per heavy atom. The summed E-state index contributed by atoms with van der Waals surface area (Å²) in [5.74, 6) is 1.05. The van der Waals surface area contributed by atoms with Crippen molar-refractivity contribution in [3.05, 3.63) is 18.1 Å². The number of hydrogen-bond acceptors (Lipinski definition) is 3. The summed E-state index contributed by atoms with van der Waals surface area (Å²) in [6.45, 7) is 10.1. The Bertz CT molecular complexity index is 386. The van der Waals surface area contributed by atoms with E-state index in [9.17, 15) is 0 Å². The lowest BCUT2D eigenvalue weighted by atomic mass is 9.73. The number of rotatable bonds is 4. The molecule has 1 saturated carbocycles. The van der Waals surface area contributed by atoms with Crippen molar-refractivity contribution in [2.24, 2.45) is 5.41 Å². The third-order valence-electron chi connectivity index (χ3n) is 4.04. The maximum atomic E-state index is 5.41. The third kappa shape index (κ3) is 2.94. The van der Waals surface area contributed by atoms with Crippen LogP contribution in [0.4, 0.5) is 0 Å². The van der Waals surface area contributed by atoms with Gasteiger partial charge >= 0.3 is 0 Å². The minimum absolute atomic E-state index is 0.392. The number of furan rings is 1. The van der Waals surface area contributed by atoms with E-state index in [1.165, 1.54) is 24.2 Å². The van der Waals surface area contributed by atoms with Crippen molar-refractivity contribution in [2.45, 2.75) is 63.1 Å². The molecular weight excluding hydrogens is 242 g/mol. The van der Waals surface area contributed by atoms with Gasteiger partial charge in [0.1, 0.15) is 5.76 Å². The van der Waals surface area contributed by atoms with E-state index in [1.54, 1.807) is 6.26 Å². The van der Waals surface area contributed by atoms with Gasteiger partial charge in [0.25, 0.3) is 0 Å². The Balaban J connectivity index is 2.12. The van der Waals surface area contributed by atoms with Gasteiger partial charge in [-0.2, -0.15) is 0 Å². The van der Waals surface area contributed by atoms with Gasteiger partial charge in [0.05, 0.1) is 6.26 Å². The quantitative estimate of drug-likeness (QED) is 0.883. The van der Waals surface area contributed by atoms with Crippen LogP contribution in [0.5, 0.6) is 0 Å². The summed E-state index contributed by atoms with van der Waals surface area (Å²) in [6.07, 6.45) is 5.76. The van der Waals surface area contributed by atoms with Crippen molar-refractivity contribution in [3.8, 4) is 0 Å². The van der Waals surface area contributed by atoms with Crippen LogP contribution >= 0.6 is 11.8 Å². The van der Waals surface area contributed by atoms with Crippen LogP contribution in [0.2, 0.25) is 0 Å². The summed E-state index contributed by atoms with van der Waals surface area (Å²) in [4.78, 5) is 1.31. The number of aryl methyl sites for hydroxylation is 1. The van der Waals surface area contributed by atoms with Gasteiger partial charge in [-0.3, -0.25) is 0 Å². The molecule has 0 saturated heterocycles. The van der Waals surface area contributed by atoms with E-state index >= 15 is 0 Å². The molecule has 2 unspecified atom stereocenters. The molecule has 102 valence electrons. The highest BCUT2D eigenvalue weighted by Crippen LogP contribution is 2.43. The van der Waals surface area contributed by atoms with E-state index in [-0.39, 0.29) is 0 Å². The molecule has 2 nitrogen and oxygen atoms in total. The van der Waals surface area contributed by atoms with Crippen molar-refractivity contribution in [3.63, 3.8) is 0 Å². The lowest BCUT2D eigenvalue weighted by molar-refractivity contribution is 0.176. The molecule has 0 radical (unpaired) electrons. The maximum absolute atomic E-state index is 5.41. The van der Waals surface area contributed by atoms with Gasteiger partial charge in [0.2, 0.25) is 0 Å². The molecule has 0 aromatic carbocycles. The average Bonchev–Trinajstić information content (AvgIpc) is 2.69. The van der Waals surface area contributed by atoms with Crippen LogP contribution in [0.25, 0.3) is 0 Å². The molecule has 1 N–H and O–H groups in total. The second-order valence-corrected chi connectivity index (χ2v) is 7.19. The monoisotopic (exact) mass is 267 g/mol. The van der Waals surface area contributed by atoms with E-state index in [1.807, 2.05) is 11.8 Å². The minimum Gasteiger partial charge on any atom is -0.468 e. The van der Waals surface area contributed by atoms with Crippen LogP contribution < -0.4 is 5.32 Å². The molecule has 1 aromatic rings. The highest BCUT2D eigenvalue weighted by atomic mass is 32.2. The SMILES string of the molecule is CCNC1C(Sc2ccoc2C)CCCC1(C)C. The predicted octanol–water partition coefficient (Wildman–Crippen LogP) is 4.24. The lowest BCUT2D eigenvalue weighted by Crippen LogP contribution is -2.51. The topological polar surface area (TPSA) is 25.2 Å². The highest BCUT2D eigenvalue weighted by molar-refractivity contribution is 8.00. The van der Waals surface area contributed by atoms with Gasteiger partial charge in [-0.1, -0.05) is 27.2 Å². The molecule has 0 aliphatic heterocycles. The Kier molecular flexibility index (Phi) is 4.44. The fraction of sp³-hybridized carbons (Fsp3) is 0.733. The van der Waals surface area contributed by atoms with Crippen LogP contribution in [-0.2, 0) is 0 Å². The molecule has 1 aliphatic carbocycles. The molecule has 1 fully saturated rings. The largest absolute Gasteiger partial charge is 0.468 e. The molecular formula is C15H25NOS. The number of hydrogen-bond donors (Lipinski definition) is 1. The van der Waals surface area contributed by atoms with Gasteiger partial charge in [-0.25, -0.2) is 0 Å². The molecule has 1 heterocycles. The Morgan fingerprint density at radius 1 is 1.50 bits per heavy atom. The van der Waals surface area contributed by atoms with Crippen LogP contribution in [-0.4, -0.2) is 17.8 Å². The van der Waals surface area contributed by atoms with Crippen molar-refractivity contribution in [1.29, 1.82) is 0 Å². The smallest absolute Gasteiger partial charge is 0.114 e. The lowest BCUT2D eigenvalue weighted by Gasteiger charge is -2.44. The molecule has 0 amide bonds. The second kappa shape index (κ2) is 5.70. The zero-order chi connectivity index (χ0) is 13.2. The fourth-order valence-corrected chi connectivity index (χ4v) is 4.56. The van der Waals surface area contributed by atoms with E-state index in [0.717, 1.165) is 12.3 Å². The zero-order valence-electron chi connectivity index (χ0n) is 12.0. The second-order valence-electron chi connectivity index (χ2n) is 5.91. The summed E-state index contributed by atoms with van der Waals surface area (Å²) in [5.41, 5.74) is 0.392. The molecule has 0 bridgehead atoms. The highest BCUT2D eigenvalue weighted by Gasteiger charge is 2.39. The summed E-state index contributed by atoms with van der Waals surface area (Å²) < 4.78 is 5.41. The van der Waals surface area contributed by atoms with E-state index < -0.39 is 0 Å². The van der Waals surface area contributed by atoms with Gasteiger partial charge < -0.3 is 9.73 Å². The first-order valence-electron chi connectivity index (χ1n) is 6.98. The Labute approximate surface area is 115 Å². The van der Waals surface area contributed by atoms with Crippen molar-refractivity contribution >= 4 is 11.8 Å². The van der Waals surface area contributed by atoms with Crippen molar-refractivity contribution in [2.75, 3.05) is 6.54 Å². The van der Waals surface area contributed by atoms with Crippen LogP contribution in [0.15, 0.2) is 21.6 Å². The molecule has 2 atom stereocenters. The summed E-state index contributed by atoms with van der Waals surface area (Å²) in [5, 5.41) is 4.36. The van der Waals surface area contributed by atoms with Gasteiger partial charge in [-0.05, 0) is 37.8 Å². The number of nitrogens with one attached hydrogen (secondary N) is 1. The standard InChI is InChI=1S/C15H25NOS/c1-5-16-14-13(7-6-9-15(14,3)4)18-12-8-10-17-11(12)2/h8,10,13-14,16H,5-7,9H2,1-4H3. The first-order chi connectivity index (χ1) is 8.54. The average molecular weight is 267 g/mol.